The maximum Gasteiger partial charge on any atom is 0.416 e. The van der Waals surface area contributed by atoms with Crippen molar-refractivity contribution in [3.8, 4) is 0 Å². The third kappa shape index (κ3) is 1.68. The molecule has 0 radical (unpaired) electrons. The van der Waals surface area contributed by atoms with E-state index in [1.807, 2.05) is 6.92 Å². The van der Waals surface area contributed by atoms with E-state index in [-0.39, 0.29) is 5.37 Å². The second kappa shape index (κ2) is 3.08. The Morgan fingerprint density at radius 2 is 2.07 bits per heavy atom. The Balaban J connectivity index is 2.38. The van der Waals surface area contributed by atoms with Crippen molar-refractivity contribution in [3.63, 3.8) is 0 Å². The van der Waals surface area contributed by atoms with Crippen LogP contribution in [-0.4, -0.2) is 5.37 Å². The minimum atomic E-state index is -4.25. The number of rotatable bonds is 0. The monoisotopic (exact) mass is 219 g/mol. The number of anilines is 1. The summed E-state index contributed by atoms with van der Waals surface area (Å²) in [6.07, 6.45) is -4.25. The van der Waals surface area contributed by atoms with E-state index < -0.39 is 11.7 Å². The van der Waals surface area contributed by atoms with Gasteiger partial charge in [0.15, 0.2) is 0 Å². The SMILES string of the molecule is CC1Nc2ccc(C(F)(F)F)cc2S1. The fourth-order valence-electron chi connectivity index (χ4n) is 1.35. The molecular weight excluding hydrogens is 211 g/mol. The van der Waals surface area contributed by atoms with Crippen molar-refractivity contribution < 1.29 is 13.2 Å². The molecule has 0 saturated heterocycles. The van der Waals surface area contributed by atoms with Crippen LogP contribution in [0, 0.1) is 0 Å². The van der Waals surface area contributed by atoms with Crippen molar-refractivity contribution in [2.45, 2.75) is 23.4 Å². The predicted molar refractivity (Wildman–Crippen MR) is 50.4 cm³/mol. The van der Waals surface area contributed by atoms with E-state index >= 15 is 0 Å². The molecule has 1 heterocycles. The van der Waals surface area contributed by atoms with Gasteiger partial charge in [-0.1, -0.05) is 11.8 Å². The van der Waals surface area contributed by atoms with E-state index in [2.05, 4.69) is 5.32 Å². The molecule has 0 saturated carbocycles. The number of halogens is 3. The van der Waals surface area contributed by atoms with Gasteiger partial charge >= 0.3 is 6.18 Å². The van der Waals surface area contributed by atoms with E-state index in [1.54, 1.807) is 0 Å². The number of thioether (sulfide) groups is 1. The van der Waals surface area contributed by atoms with Gasteiger partial charge in [0.2, 0.25) is 0 Å². The molecule has 1 aliphatic heterocycles. The van der Waals surface area contributed by atoms with Gasteiger partial charge in [0.1, 0.15) is 0 Å². The van der Waals surface area contributed by atoms with Crippen LogP contribution in [0.4, 0.5) is 18.9 Å². The van der Waals surface area contributed by atoms with Gasteiger partial charge in [0, 0.05) is 10.6 Å². The first-order valence-corrected chi connectivity index (χ1v) is 4.99. The zero-order valence-corrected chi connectivity index (χ0v) is 8.17. The van der Waals surface area contributed by atoms with Crippen LogP contribution in [0.3, 0.4) is 0 Å². The average Bonchev–Trinajstić information content (AvgIpc) is 2.41. The smallest absolute Gasteiger partial charge is 0.372 e. The second-order valence-electron chi connectivity index (χ2n) is 3.11. The quantitative estimate of drug-likeness (QED) is 0.715. The Bertz CT molecular complexity index is 362. The molecule has 0 bridgehead atoms. The zero-order valence-electron chi connectivity index (χ0n) is 7.35. The first-order valence-electron chi connectivity index (χ1n) is 4.11. The third-order valence-corrected chi connectivity index (χ3v) is 3.03. The number of hydrogen-bond acceptors (Lipinski definition) is 2. The number of hydrogen-bond donors (Lipinski definition) is 1. The topological polar surface area (TPSA) is 12.0 Å². The van der Waals surface area contributed by atoms with E-state index in [0.717, 1.165) is 11.8 Å². The van der Waals surface area contributed by atoms with Crippen molar-refractivity contribution in [3.05, 3.63) is 23.8 Å². The van der Waals surface area contributed by atoms with Gasteiger partial charge in [-0.3, -0.25) is 0 Å². The lowest BCUT2D eigenvalue weighted by Crippen LogP contribution is -2.05. The van der Waals surface area contributed by atoms with Gasteiger partial charge in [0.25, 0.3) is 0 Å². The molecule has 1 atom stereocenters. The van der Waals surface area contributed by atoms with Crippen molar-refractivity contribution in [1.82, 2.24) is 0 Å². The summed E-state index contributed by atoms with van der Waals surface area (Å²) in [5.41, 5.74) is 0.204. The number of fused-ring (bicyclic) bond motifs is 1. The fraction of sp³-hybridized carbons (Fsp3) is 0.333. The van der Waals surface area contributed by atoms with Crippen molar-refractivity contribution in [2.24, 2.45) is 0 Å². The van der Waals surface area contributed by atoms with E-state index in [0.29, 0.717) is 4.90 Å². The summed E-state index contributed by atoms with van der Waals surface area (Å²) in [7, 11) is 0. The summed E-state index contributed by atoms with van der Waals surface area (Å²) in [5.74, 6) is 0. The molecular formula is C9H8F3NS. The van der Waals surface area contributed by atoms with Gasteiger partial charge in [0.05, 0.1) is 10.9 Å². The molecule has 2 rings (SSSR count). The van der Waals surface area contributed by atoms with Crippen LogP contribution in [-0.2, 0) is 6.18 Å². The largest absolute Gasteiger partial charge is 0.416 e. The Labute approximate surface area is 83.7 Å². The second-order valence-corrected chi connectivity index (χ2v) is 4.50. The highest BCUT2D eigenvalue weighted by molar-refractivity contribution is 8.00. The van der Waals surface area contributed by atoms with Crippen LogP contribution in [0.1, 0.15) is 12.5 Å². The predicted octanol–water partition coefficient (Wildman–Crippen LogP) is 3.57. The maximum atomic E-state index is 12.3. The molecule has 1 aromatic rings. The number of alkyl halides is 3. The van der Waals surface area contributed by atoms with E-state index in [1.165, 1.54) is 23.9 Å². The van der Waals surface area contributed by atoms with Crippen LogP contribution in [0.15, 0.2) is 23.1 Å². The third-order valence-electron chi connectivity index (χ3n) is 1.97. The number of benzene rings is 1. The summed E-state index contributed by atoms with van der Waals surface area (Å²) < 4.78 is 37.0. The van der Waals surface area contributed by atoms with Gasteiger partial charge in [-0.15, -0.1) is 0 Å². The van der Waals surface area contributed by atoms with Gasteiger partial charge in [-0.05, 0) is 25.1 Å². The fourth-order valence-corrected chi connectivity index (χ4v) is 2.37. The summed E-state index contributed by atoms with van der Waals surface area (Å²) >= 11 is 1.41. The molecule has 5 heteroatoms. The Hall–Kier alpha value is -0.840. The normalized spacial score (nSPS) is 20.4. The summed E-state index contributed by atoms with van der Waals surface area (Å²) in [4.78, 5) is 0.673. The van der Waals surface area contributed by atoms with Gasteiger partial charge in [-0.25, -0.2) is 0 Å². The van der Waals surface area contributed by atoms with Crippen LogP contribution in [0.5, 0.6) is 0 Å². The van der Waals surface area contributed by atoms with E-state index in [4.69, 9.17) is 0 Å². The van der Waals surface area contributed by atoms with Crippen molar-refractivity contribution in [1.29, 1.82) is 0 Å². The van der Waals surface area contributed by atoms with Crippen LogP contribution in [0.25, 0.3) is 0 Å². The van der Waals surface area contributed by atoms with Crippen LogP contribution < -0.4 is 5.32 Å². The first kappa shape index (κ1) is 9.71. The highest BCUT2D eigenvalue weighted by Crippen LogP contribution is 2.41. The highest BCUT2D eigenvalue weighted by atomic mass is 32.2. The zero-order chi connectivity index (χ0) is 10.3. The molecule has 1 nitrogen and oxygen atoms in total. The van der Waals surface area contributed by atoms with E-state index in [9.17, 15) is 13.2 Å². The summed E-state index contributed by atoms with van der Waals surface area (Å²) in [6.45, 7) is 1.91. The Morgan fingerprint density at radius 3 is 2.71 bits per heavy atom. The molecule has 1 N–H and O–H groups in total. The lowest BCUT2D eigenvalue weighted by molar-refractivity contribution is -0.137. The maximum absolute atomic E-state index is 12.3. The Kier molecular flexibility index (Phi) is 2.14. The molecule has 1 unspecified atom stereocenters. The minimum Gasteiger partial charge on any atom is -0.372 e. The van der Waals surface area contributed by atoms with Crippen molar-refractivity contribution >= 4 is 17.4 Å². The molecule has 0 amide bonds. The van der Waals surface area contributed by atoms with Crippen LogP contribution in [0.2, 0.25) is 0 Å². The van der Waals surface area contributed by atoms with Crippen molar-refractivity contribution in [2.75, 3.05) is 5.32 Å². The first-order chi connectivity index (χ1) is 6.47. The average molecular weight is 219 g/mol. The molecule has 0 spiro atoms. The molecule has 0 fully saturated rings. The molecule has 1 aromatic carbocycles. The van der Waals surface area contributed by atoms with Gasteiger partial charge < -0.3 is 5.32 Å². The standard InChI is InChI=1S/C9H8F3NS/c1-5-13-7-3-2-6(9(10,11)12)4-8(7)14-5/h2-5,13H,1H3. The molecule has 0 aromatic heterocycles. The summed E-state index contributed by atoms with van der Waals surface area (Å²) in [5, 5.41) is 3.22. The molecule has 0 aliphatic carbocycles. The Morgan fingerprint density at radius 1 is 1.36 bits per heavy atom. The molecule has 76 valence electrons. The number of nitrogens with one attached hydrogen (secondary N) is 1. The van der Waals surface area contributed by atoms with Gasteiger partial charge in [-0.2, -0.15) is 13.2 Å². The van der Waals surface area contributed by atoms with Crippen LogP contribution >= 0.6 is 11.8 Å². The molecule has 14 heavy (non-hydrogen) atoms. The lowest BCUT2D eigenvalue weighted by Gasteiger charge is -2.07. The highest BCUT2D eigenvalue weighted by Gasteiger charge is 2.32. The minimum absolute atomic E-state index is 0.147. The molecule has 1 aliphatic rings. The lowest BCUT2D eigenvalue weighted by atomic mass is 10.2. The summed E-state index contributed by atoms with van der Waals surface area (Å²) in [6, 6.07) is 3.77.